The molecule has 35 heavy (non-hydrogen) atoms. The number of nitrogens with zero attached hydrogens (tertiary/aromatic N) is 5. The van der Waals surface area contributed by atoms with E-state index in [-0.39, 0.29) is 18.6 Å². The summed E-state index contributed by atoms with van der Waals surface area (Å²) in [6.45, 7) is 6.22. The zero-order valence-corrected chi connectivity index (χ0v) is 20.6. The second-order valence-corrected chi connectivity index (χ2v) is 8.19. The van der Waals surface area contributed by atoms with E-state index in [0.717, 1.165) is 28.1 Å². The van der Waals surface area contributed by atoms with Crippen LogP contribution in [0.1, 0.15) is 26.8 Å². The Bertz CT molecular complexity index is 1310. The van der Waals surface area contributed by atoms with Crippen LogP contribution in [0.4, 0.5) is 11.4 Å². The van der Waals surface area contributed by atoms with Crippen LogP contribution in [-0.2, 0) is 9.53 Å². The van der Waals surface area contributed by atoms with E-state index >= 15 is 0 Å². The van der Waals surface area contributed by atoms with Gasteiger partial charge < -0.3 is 19.1 Å². The van der Waals surface area contributed by atoms with Crippen molar-refractivity contribution >= 4 is 28.4 Å². The molecule has 0 aliphatic carbocycles. The van der Waals surface area contributed by atoms with Gasteiger partial charge in [-0.15, -0.1) is 0 Å². The molecule has 2 aromatic heterocycles. The van der Waals surface area contributed by atoms with Crippen molar-refractivity contribution in [3.8, 4) is 22.8 Å². The van der Waals surface area contributed by atoms with Crippen LogP contribution in [0.3, 0.4) is 0 Å². The SMILES string of the molecule is CCOC(=O)CN(c1cc(OC)cc(OC)c1)c1ccc2ncc(-c3cnn(C(C)C)c3)nc2c1. The zero-order valence-electron chi connectivity index (χ0n) is 20.6. The van der Waals surface area contributed by atoms with Gasteiger partial charge in [-0.3, -0.25) is 14.5 Å². The molecule has 0 atom stereocenters. The molecule has 2 aromatic carbocycles. The molecule has 0 saturated heterocycles. The predicted molar refractivity (Wildman–Crippen MR) is 134 cm³/mol. The van der Waals surface area contributed by atoms with Gasteiger partial charge in [0.2, 0.25) is 0 Å². The van der Waals surface area contributed by atoms with Gasteiger partial charge in [-0.1, -0.05) is 0 Å². The third-order valence-corrected chi connectivity index (χ3v) is 5.50. The first-order valence-electron chi connectivity index (χ1n) is 11.4. The summed E-state index contributed by atoms with van der Waals surface area (Å²) in [7, 11) is 3.17. The molecule has 2 heterocycles. The molecule has 0 N–H and O–H groups in total. The van der Waals surface area contributed by atoms with Gasteiger partial charge in [0, 0.05) is 47.4 Å². The number of benzene rings is 2. The maximum Gasteiger partial charge on any atom is 0.325 e. The highest BCUT2D eigenvalue weighted by Crippen LogP contribution is 2.34. The van der Waals surface area contributed by atoms with Crippen LogP contribution in [-0.4, -0.2) is 53.1 Å². The van der Waals surface area contributed by atoms with Crippen LogP contribution in [0, 0.1) is 0 Å². The molecule has 4 rings (SSSR count). The Kier molecular flexibility index (Phi) is 7.14. The van der Waals surface area contributed by atoms with Gasteiger partial charge in [-0.2, -0.15) is 5.10 Å². The van der Waals surface area contributed by atoms with Gasteiger partial charge in [0.05, 0.1) is 49.9 Å². The van der Waals surface area contributed by atoms with E-state index in [2.05, 4.69) is 23.9 Å². The smallest absolute Gasteiger partial charge is 0.325 e. The van der Waals surface area contributed by atoms with E-state index in [4.69, 9.17) is 19.2 Å². The van der Waals surface area contributed by atoms with Crippen molar-refractivity contribution in [1.82, 2.24) is 19.7 Å². The number of methoxy groups -OCH3 is 2. The molecule has 0 aliphatic rings. The number of fused-ring (bicyclic) bond motifs is 1. The summed E-state index contributed by atoms with van der Waals surface area (Å²) in [5, 5.41) is 4.41. The summed E-state index contributed by atoms with van der Waals surface area (Å²) >= 11 is 0. The second-order valence-electron chi connectivity index (χ2n) is 8.19. The Morgan fingerprint density at radius 2 is 1.74 bits per heavy atom. The van der Waals surface area contributed by atoms with Crippen LogP contribution in [0.15, 0.2) is 55.0 Å². The number of carbonyl (C=O) groups is 1. The number of carbonyl (C=O) groups excluding carboxylic acids is 1. The Morgan fingerprint density at radius 3 is 2.37 bits per heavy atom. The maximum absolute atomic E-state index is 12.5. The molecule has 9 nitrogen and oxygen atoms in total. The number of esters is 1. The lowest BCUT2D eigenvalue weighted by molar-refractivity contribution is -0.141. The van der Waals surface area contributed by atoms with Crippen LogP contribution >= 0.6 is 0 Å². The molecule has 182 valence electrons. The van der Waals surface area contributed by atoms with Crippen molar-refractivity contribution in [2.75, 3.05) is 32.3 Å². The minimum atomic E-state index is -0.352. The van der Waals surface area contributed by atoms with Crippen molar-refractivity contribution in [2.45, 2.75) is 26.8 Å². The molecule has 0 radical (unpaired) electrons. The molecular weight excluding hydrogens is 446 g/mol. The summed E-state index contributed by atoms with van der Waals surface area (Å²) in [6.07, 6.45) is 5.49. The summed E-state index contributed by atoms with van der Waals surface area (Å²) in [5.41, 5.74) is 4.52. The molecule has 4 aromatic rings. The Hall–Kier alpha value is -4.14. The largest absolute Gasteiger partial charge is 0.497 e. The van der Waals surface area contributed by atoms with Gasteiger partial charge in [-0.25, -0.2) is 4.98 Å². The van der Waals surface area contributed by atoms with Crippen molar-refractivity contribution in [3.05, 3.63) is 55.0 Å². The lowest BCUT2D eigenvalue weighted by Crippen LogP contribution is -2.27. The lowest BCUT2D eigenvalue weighted by atomic mass is 10.2. The molecule has 0 fully saturated rings. The summed E-state index contributed by atoms with van der Waals surface area (Å²) in [5.74, 6) is 0.867. The van der Waals surface area contributed by atoms with Gasteiger partial charge in [-0.05, 0) is 39.0 Å². The molecule has 9 heteroatoms. The highest BCUT2D eigenvalue weighted by molar-refractivity contribution is 5.86. The third kappa shape index (κ3) is 5.34. The topological polar surface area (TPSA) is 91.6 Å². The molecule has 0 aliphatic heterocycles. The molecular formula is C26H29N5O4. The molecule has 0 bridgehead atoms. The maximum atomic E-state index is 12.5. The lowest BCUT2D eigenvalue weighted by Gasteiger charge is -2.25. The van der Waals surface area contributed by atoms with Crippen molar-refractivity contribution < 1.29 is 19.0 Å². The average molecular weight is 476 g/mol. The van der Waals surface area contributed by atoms with Crippen molar-refractivity contribution in [2.24, 2.45) is 0 Å². The highest BCUT2D eigenvalue weighted by Gasteiger charge is 2.18. The Labute approximate surface area is 204 Å². The summed E-state index contributed by atoms with van der Waals surface area (Å²) in [6, 6.07) is 11.4. The summed E-state index contributed by atoms with van der Waals surface area (Å²) in [4.78, 5) is 23.8. The summed E-state index contributed by atoms with van der Waals surface area (Å²) < 4.78 is 18.0. The van der Waals surface area contributed by atoms with Gasteiger partial charge >= 0.3 is 5.97 Å². The first-order chi connectivity index (χ1) is 16.9. The number of hydrogen-bond donors (Lipinski definition) is 0. The van der Waals surface area contributed by atoms with Crippen LogP contribution in [0.25, 0.3) is 22.3 Å². The van der Waals surface area contributed by atoms with Crippen LogP contribution < -0.4 is 14.4 Å². The Balaban J connectivity index is 1.78. The number of ether oxygens (including phenoxy) is 3. The van der Waals surface area contributed by atoms with E-state index in [9.17, 15) is 4.79 Å². The molecule has 0 amide bonds. The number of rotatable bonds is 9. The average Bonchev–Trinajstić information content (AvgIpc) is 3.37. The fourth-order valence-corrected chi connectivity index (χ4v) is 3.68. The van der Waals surface area contributed by atoms with E-state index in [1.165, 1.54) is 0 Å². The molecule has 0 saturated carbocycles. The monoisotopic (exact) mass is 475 g/mol. The predicted octanol–water partition coefficient (Wildman–Crippen LogP) is 4.79. The highest BCUT2D eigenvalue weighted by atomic mass is 16.5. The van der Waals surface area contributed by atoms with Gasteiger partial charge in [0.25, 0.3) is 0 Å². The number of hydrogen-bond acceptors (Lipinski definition) is 8. The normalized spacial score (nSPS) is 11.0. The van der Waals surface area contributed by atoms with Crippen molar-refractivity contribution in [1.29, 1.82) is 0 Å². The van der Waals surface area contributed by atoms with E-state index in [0.29, 0.717) is 23.6 Å². The van der Waals surface area contributed by atoms with E-state index in [1.54, 1.807) is 39.6 Å². The third-order valence-electron chi connectivity index (χ3n) is 5.50. The van der Waals surface area contributed by atoms with Gasteiger partial charge in [0.1, 0.15) is 18.0 Å². The van der Waals surface area contributed by atoms with E-state index in [1.807, 2.05) is 46.1 Å². The number of anilines is 2. The second kappa shape index (κ2) is 10.4. The number of aromatic nitrogens is 4. The van der Waals surface area contributed by atoms with Crippen LogP contribution in [0.2, 0.25) is 0 Å². The minimum Gasteiger partial charge on any atom is -0.497 e. The zero-order chi connectivity index (χ0) is 24.9. The minimum absolute atomic E-state index is 0.00392. The first kappa shape index (κ1) is 24.0. The standard InChI is InChI=1S/C26H29N5O4/c1-6-35-26(32)16-30(20-9-21(33-4)12-22(10-20)34-5)19-7-8-23-24(11-19)29-25(14-27-23)18-13-28-31(15-18)17(2)3/h7-15,17H,6,16H2,1-5H3. The van der Waals surface area contributed by atoms with Crippen molar-refractivity contribution in [3.63, 3.8) is 0 Å². The Morgan fingerprint density at radius 1 is 1.00 bits per heavy atom. The fourth-order valence-electron chi connectivity index (χ4n) is 3.68. The molecule has 0 unspecified atom stereocenters. The van der Waals surface area contributed by atoms with Crippen LogP contribution in [0.5, 0.6) is 11.5 Å². The fraction of sp³-hybridized carbons (Fsp3) is 0.308. The quantitative estimate of drug-likeness (QED) is 0.319. The van der Waals surface area contributed by atoms with E-state index < -0.39 is 0 Å². The van der Waals surface area contributed by atoms with Gasteiger partial charge in [0.15, 0.2) is 0 Å². The first-order valence-corrected chi connectivity index (χ1v) is 11.4. The molecule has 0 spiro atoms.